The smallest absolute Gasteiger partial charge is 0.175 e. The lowest BCUT2D eigenvalue weighted by Crippen LogP contribution is -2.04. The van der Waals surface area contributed by atoms with Crippen molar-refractivity contribution in [2.24, 2.45) is 0 Å². The van der Waals surface area contributed by atoms with E-state index in [-0.39, 0.29) is 15.4 Å². The topological polar surface area (TPSA) is 88.5 Å². The Hall–Kier alpha value is -0.920. The highest BCUT2D eigenvalue weighted by atomic mass is 32.2. The van der Waals surface area contributed by atoms with E-state index in [1.165, 1.54) is 12.1 Å². The number of rotatable bonds is 3. The molecule has 1 aromatic rings. The van der Waals surface area contributed by atoms with E-state index < -0.39 is 26.3 Å². The fourth-order valence-corrected chi connectivity index (χ4v) is 2.64. The van der Waals surface area contributed by atoms with Gasteiger partial charge >= 0.3 is 0 Å². The van der Waals surface area contributed by atoms with Crippen molar-refractivity contribution in [2.75, 3.05) is 12.5 Å². The minimum absolute atomic E-state index is 0.112. The normalized spacial score (nSPS) is 12.7. The highest BCUT2D eigenvalue weighted by Crippen LogP contribution is 2.19. The number of benzene rings is 1. The first kappa shape index (κ1) is 13.1. The average molecular weight is 264 g/mol. The molecule has 0 aromatic heterocycles. The summed E-state index contributed by atoms with van der Waals surface area (Å²) in [5.74, 6) is 0. The molecular weight excluding hydrogens is 252 g/mol. The molecule has 0 heterocycles. The lowest BCUT2D eigenvalue weighted by molar-refractivity contribution is 0.281. The maximum absolute atomic E-state index is 11.3. The quantitative estimate of drug-likeness (QED) is 0.829. The van der Waals surface area contributed by atoms with E-state index in [9.17, 15) is 16.8 Å². The first-order chi connectivity index (χ1) is 7.14. The van der Waals surface area contributed by atoms with Crippen LogP contribution in [0.15, 0.2) is 28.0 Å². The second-order valence-corrected chi connectivity index (χ2v) is 7.55. The summed E-state index contributed by atoms with van der Waals surface area (Å²) in [6.45, 7) is -0.411. The summed E-state index contributed by atoms with van der Waals surface area (Å²) in [5, 5.41) is 8.93. The predicted octanol–water partition coefficient (Wildman–Crippen LogP) is -0.0141. The Morgan fingerprint density at radius 2 is 1.31 bits per heavy atom. The zero-order valence-corrected chi connectivity index (χ0v) is 10.5. The summed E-state index contributed by atoms with van der Waals surface area (Å²) in [7, 11) is -6.99. The monoisotopic (exact) mass is 264 g/mol. The number of aliphatic hydroxyl groups is 1. The Morgan fingerprint density at radius 1 is 0.938 bits per heavy atom. The van der Waals surface area contributed by atoms with Crippen molar-refractivity contribution in [1.29, 1.82) is 0 Å². The summed E-state index contributed by atoms with van der Waals surface area (Å²) in [6.07, 6.45) is 1.96. The van der Waals surface area contributed by atoms with Crippen LogP contribution in [0, 0.1) is 0 Å². The van der Waals surface area contributed by atoms with E-state index in [1.807, 2.05) is 0 Å². The SMILES string of the molecule is CS(=O)(=O)c1cc(CO)cc(S(C)(=O)=O)c1. The van der Waals surface area contributed by atoms with Crippen molar-refractivity contribution in [3.63, 3.8) is 0 Å². The van der Waals surface area contributed by atoms with Gasteiger partial charge in [0.25, 0.3) is 0 Å². The van der Waals surface area contributed by atoms with Gasteiger partial charge in [-0.15, -0.1) is 0 Å². The predicted molar refractivity (Wildman–Crippen MR) is 58.6 cm³/mol. The molecule has 0 saturated carbocycles. The number of hydrogen-bond acceptors (Lipinski definition) is 5. The molecule has 16 heavy (non-hydrogen) atoms. The molecule has 0 unspecified atom stereocenters. The van der Waals surface area contributed by atoms with Crippen LogP contribution in [0.2, 0.25) is 0 Å². The van der Waals surface area contributed by atoms with Crippen molar-refractivity contribution in [1.82, 2.24) is 0 Å². The van der Waals surface area contributed by atoms with Crippen LogP contribution in [0.3, 0.4) is 0 Å². The highest BCUT2D eigenvalue weighted by molar-refractivity contribution is 7.91. The summed E-state index contributed by atoms with van der Waals surface area (Å²) in [6, 6.07) is 3.60. The maximum atomic E-state index is 11.3. The molecule has 0 atom stereocenters. The van der Waals surface area contributed by atoms with E-state index >= 15 is 0 Å². The van der Waals surface area contributed by atoms with Gasteiger partial charge in [-0.05, 0) is 23.8 Å². The first-order valence-electron chi connectivity index (χ1n) is 4.29. The van der Waals surface area contributed by atoms with Gasteiger partial charge in [0.2, 0.25) is 0 Å². The molecule has 0 aliphatic heterocycles. The molecule has 1 aromatic carbocycles. The van der Waals surface area contributed by atoms with Crippen LogP contribution < -0.4 is 0 Å². The van der Waals surface area contributed by atoms with Crippen molar-refractivity contribution in [2.45, 2.75) is 16.4 Å². The zero-order chi connectivity index (χ0) is 12.6. The molecule has 90 valence electrons. The van der Waals surface area contributed by atoms with Gasteiger partial charge in [0, 0.05) is 12.5 Å². The van der Waals surface area contributed by atoms with Gasteiger partial charge < -0.3 is 5.11 Å². The number of aliphatic hydroxyl groups excluding tert-OH is 1. The largest absolute Gasteiger partial charge is 0.392 e. The van der Waals surface area contributed by atoms with Gasteiger partial charge in [-0.25, -0.2) is 16.8 Å². The molecule has 0 aliphatic rings. The third-order valence-electron chi connectivity index (χ3n) is 1.98. The summed E-state index contributed by atoms with van der Waals surface area (Å²) in [4.78, 5) is -0.223. The van der Waals surface area contributed by atoms with E-state index in [2.05, 4.69) is 0 Å². The lowest BCUT2D eigenvalue weighted by atomic mass is 10.2. The molecule has 7 heteroatoms. The van der Waals surface area contributed by atoms with Gasteiger partial charge in [-0.1, -0.05) is 0 Å². The minimum atomic E-state index is -3.49. The van der Waals surface area contributed by atoms with Crippen LogP contribution in [0.25, 0.3) is 0 Å². The Kier molecular flexibility index (Phi) is 3.41. The Labute approximate surface area is 94.6 Å². The molecule has 1 rings (SSSR count). The van der Waals surface area contributed by atoms with Crippen LogP contribution in [-0.4, -0.2) is 34.5 Å². The van der Waals surface area contributed by atoms with Crippen LogP contribution >= 0.6 is 0 Å². The van der Waals surface area contributed by atoms with Crippen LogP contribution in [0.5, 0.6) is 0 Å². The van der Waals surface area contributed by atoms with E-state index in [4.69, 9.17) is 5.11 Å². The third-order valence-corrected chi connectivity index (χ3v) is 4.16. The highest BCUT2D eigenvalue weighted by Gasteiger charge is 2.15. The molecule has 5 nitrogen and oxygen atoms in total. The molecule has 0 fully saturated rings. The maximum Gasteiger partial charge on any atom is 0.175 e. The third kappa shape index (κ3) is 3.03. The Morgan fingerprint density at radius 3 is 1.56 bits per heavy atom. The fourth-order valence-electron chi connectivity index (χ4n) is 1.15. The van der Waals surface area contributed by atoms with Crippen LogP contribution in [0.4, 0.5) is 0 Å². The van der Waals surface area contributed by atoms with Gasteiger partial charge in [-0.3, -0.25) is 0 Å². The lowest BCUT2D eigenvalue weighted by Gasteiger charge is -2.05. The molecule has 0 spiro atoms. The van der Waals surface area contributed by atoms with E-state index in [0.29, 0.717) is 0 Å². The zero-order valence-electron chi connectivity index (χ0n) is 8.84. The molecule has 0 saturated heterocycles. The number of sulfone groups is 2. The standard InChI is InChI=1S/C9H12O5S2/c1-15(11,12)8-3-7(6-10)4-9(5-8)16(2,13)14/h3-5,10H,6H2,1-2H3. The van der Waals surface area contributed by atoms with Crippen molar-refractivity contribution < 1.29 is 21.9 Å². The fraction of sp³-hybridized carbons (Fsp3) is 0.333. The minimum Gasteiger partial charge on any atom is -0.392 e. The average Bonchev–Trinajstić information content (AvgIpc) is 2.14. The summed E-state index contributed by atoms with van der Waals surface area (Å²) in [5.41, 5.74) is 0.253. The van der Waals surface area contributed by atoms with E-state index in [1.54, 1.807) is 0 Å². The van der Waals surface area contributed by atoms with Gasteiger partial charge in [0.1, 0.15) is 0 Å². The molecule has 0 radical (unpaired) electrons. The molecule has 0 aliphatic carbocycles. The molecular formula is C9H12O5S2. The van der Waals surface area contributed by atoms with Crippen molar-refractivity contribution in [3.05, 3.63) is 23.8 Å². The number of hydrogen-bond donors (Lipinski definition) is 1. The summed E-state index contributed by atoms with van der Waals surface area (Å²) >= 11 is 0. The molecule has 0 amide bonds. The van der Waals surface area contributed by atoms with Crippen molar-refractivity contribution >= 4 is 19.7 Å². The second-order valence-electron chi connectivity index (χ2n) is 3.52. The second kappa shape index (κ2) is 4.15. The Bertz CT molecular complexity index is 549. The van der Waals surface area contributed by atoms with Crippen LogP contribution in [-0.2, 0) is 26.3 Å². The van der Waals surface area contributed by atoms with E-state index in [0.717, 1.165) is 18.6 Å². The van der Waals surface area contributed by atoms with Crippen molar-refractivity contribution in [3.8, 4) is 0 Å². The molecule has 1 N–H and O–H groups in total. The van der Waals surface area contributed by atoms with Crippen LogP contribution in [0.1, 0.15) is 5.56 Å². The first-order valence-corrected chi connectivity index (χ1v) is 8.08. The Balaban J connectivity index is 3.58. The summed E-state index contributed by atoms with van der Waals surface area (Å²) < 4.78 is 45.2. The van der Waals surface area contributed by atoms with Gasteiger partial charge in [-0.2, -0.15) is 0 Å². The van der Waals surface area contributed by atoms with Gasteiger partial charge in [0.05, 0.1) is 16.4 Å². The van der Waals surface area contributed by atoms with Gasteiger partial charge in [0.15, 0.2) is 19.7 Å². The molecule has 0 bridgehead atoms.